The van der Waals surface area contributed by atoms with E-state index in [1.165, 1.54) is 30.6 Å². The summed E-state index contributed by atoms with van der Waals surface area (Å²) >= 11 is 1.72. The van der Waals surface area contributed by atoms with Gasteiger partial charge in [-0.25, -0.2) is 4.98 Å². The monoisotopic (exact) mass is 308 g/mol. The van der Waals surface area contributed by atoms with Crippen molar-refractivity contribution in [1.29, 1.82) is 0 Å². The maximum absolute atomic E-state index is 12.0. The molecule has 21 heavy (non-hydrogen) atoms. The average Bonchev–Trinajstić information content (AvgIpc) is 3.21. The van der Waals surface area contributed by atoms with Crippen LogP contribution in [0.2, 0.25) is 0 Å². The number of hydrogen-bond acceptors (Lipinski definition) is 5. The summed E-state index contributed by atoms with van der Waals surface area (Å²) in [7, 11) is 0. The second-order valence-electron chi connectivity index (χ2n) is 6.04. The van der Waals surface area contributed by atoms with Crippen molar-refractivity contribution in [2.75, 3.05) is 18.5 Å². The smallest absolute Gasteiger partial charge is 0.315 e. The molecule has 2 aliphatic carbocycles. The first kappa shape index (κ1) is 14.8. The maximum Gasteiger partial charge on any atom is 0.315 e. The van der Waals surface area contributed by atoms with Crippen LogP contribution < -0.4 is 5.32 Å². The number of ether oxygens (including phenoxy) is 1. The Bertz CT molecular complexity index is 496. The Balaban J connectivity index is 1.58. The molecule has 1 heterocycles. The number of anilines is 1. The normalized spacial score (nSPS) is 20.9. The quantitative estimate of drug-likeness (QED) is 0.616. The molecule has 0 aliphatic heterocycles. The molecule has 0 radical (unpaired) electrons. The summed E-state index contributed by atoms with van der Waals surface area (Å²) in [4.78, 5) is 18.0. The molecule has 1 unspecified atom stereocenters. The summed E-state index contributed by atoms with van der Waals surface area (Å²) in [6, 6.07) is 0. The van der Waals surface area contributed by atoms with Crippen LogP contribution in [0.4, 0.5) is 5.13 Å². The Morgan fingerprint density at radius 2 is 2.29 bits per heavy atom. The van der Waals surface area contributed by atoms with Gasteiger partial charge in [-0.2, -0.15) is 0 Å². The van der Waals surface area contributed by atoms with E-state index in [1.54, 1.807) is 11.3 Å². The molecule has 0 saturated heterocycles. The van der Waals surface area contributed by atoms with Gasteiger partial charge in [0.25, 0.3) is 0 Å². The van der Waals surface area contributed by atoms with E-state index in [9.17, 15) is 4.79 Å². The fourth-order valence-electron chi connectivity index (χ4n) is 2.96. The van der Waals surface area contributed by atoms with Gasteiger partial charge in [0, 0.05) is 11.4 Å². The minimum atomic E-state index is -0.146. The molecule has 0 aromatic carbocycles. The lowest BCUT2D eigenvalue weighted by atomic mass is 9.91. The minimum absolute atomic E-state index is 0.107. The Morgan fingerprint density at radius 3 is 3.05 bits per heavy atom. The molecule has 1 aromatic rings. The predicted molar refractivity (Wildman–Crippen MR) is 84.9 cm³/mol. The summed E-state index contributed by atoms with van der Waals surface area (Å²) in [5.74, 6) is 0.737. The highest BCUT2D eigenvalue weighted by Crippen LogP contribution is 2.37. The van der Waals surface area contributed by atoms with E-state index in [0.29, 0.717) is 6.61 Å². The van der Waals surface area contributed by atoms with Crippen molar-refractivity contribution in [2.45, 2.75) is 57.8 Å². The summed E-state index contributed by atoms with van der Waals surface area (Å²) in [5.41, 5.74) is 0.967. The van der Waals surface area contributed by atoms with Crippen LogP contribution in [0.25, 0.3) is 0 Å². The van der Waals surface area contributed by atoms with E-state index in [0.717, 1.165) is 42.6 Å². The fourth-order valence-corrected chi connectivity index (χ4v) is 4.05. The second kappa shape index (κ2) is 6.77. The third kappa shape index (κ3) is 3.76. The summed E-state index contributed by atoms with van der Waals surface area (Å²) in [6.45, 7) is 3.30. The Hall–Kier alpha value is -1.10. The van der Waals surface area contributed by atoms with E-state index in [2.05, 4.69) is 10.3 Å². The molecule has 0 bridgehead atoms. The molecular weight excluding hydrogens is 284 g/mol. The van der Waals surface area contributed by atoms with Gasteiger partial charge in [0.1, 0.15) is 5.92 Å². The number of carbonyl (C=O) groups is 1. The SMILES string of the molecule is CCOC(=O)C1CCCc2sc(NCCCC3CC3)nc21. The standard InChI is InChI=1S/C16H24N2O2S/c1-2-20-15(19)12-6-3-7-13-14(12)18-16(21-13)17-10-4-5-11-8-9-11/h11-12H,2-10H2,1H3,(H,17,18). The number of rotatable bonds is 7. The molecule has 0 amide bonds. The highest BCUT2D eigenvalue weighted by atomic mass is 32.1. The number of aromatic nitrogens is 1. The molecule has 116 valence electrons. The van der Waals surface area contributed by atoms with Gasteiger partial charge in [0.05, 0.1) is 12.3 Å². The van der Waals surface area contributed by atoms with Crippen molar-refractivity contribution in [2.24, 2.45) is 5.92 Å². The van der Waals surface area contributed by atoms with Crippen LogP contribution in [0.1, 0.15) is 61.9 Å². The van der Waals surface area contributed by atoms with E-state index in [-0.39, 0.29) is 11.9 Å². The number of thiazole rings is 1. The molecule has 5 heteroatoms. The lowest BCUT2D eigenvalue weighted by Gasteiger charge is -2.19. The van der Waals surface area contributed by atoms with Crippen LogP contribution in [-0.2, 0) is 16.0 Å². The third-order valence-electron chi connectivity index (χ3n) is 4.29. The highest BCUT2D eigenvalue weighted by molar-refractivity contribution is 7.15. The van der Waals surface area contributed by atoms with Crippen molar-refractivity contribution in [3.63, 3.8) is 0 Å². The number of nitrogens with one attached hydrogen (secondary N) is 1. The lowest BCUT2D eigenvalue weighted by Crippen LogP contribution is -2.20. The number of hydrogen-bond donors (Lipinski definition) is 1. The largest absolute Gasteiger partial charge is 0.465 e. The van der Waals surface area contributed by atoms with E-state index in [4.69, 9.17) is 4.74 Å². The molecule has 1 aromatic heterocycles. The Labute approximate surface area is 130 Å². The first-order chi connectivity index (χ1) is 10.3. The average molecular weight is 308 g/mol. The Morgan fingerprint density at radius 1 is 1.43 bits per heavy atom. The van der Waals surface area contributed by atoms with Gasteiger partial charge in [-0.1, -0.05) is 12.8 Å². The zero-order valence-electron chi connectivity index (χ0n) is 12.7. The Kier molecular flexibility index (Phi) is 4.78. The van der Waals surface area contributed by atoms with E-state index < -0.39 is 0 Å². The minimum Gasteiger partial charge on any atom is -0.465 e. The number of esters is 1. The molecule has 1 atom stereocenters. The number of aryl methyl sites for hydroxylation is 1. The molecular formula is C16H24N2O2S. The van der Waals surface area contributed by atoms with Gasteiger partial charge in [0.2, 0.25) is 0 Å². The second-order valence-corrected chi connectivity index (χ2v) is 7.12. The van der Waals surface area contributed by atoms with Crippen LogP contribution in [0.3, 0.4) is 0 Å². The molecule has 1 fully saturated rings. The summed E-state index contributed by atoms with van der Waals surface area (Å²) in [6.07, 6.45) is 8.38. The van der Waals surface area contributed by atoms with Gasteiger partial charge >= 0.3 is 5.97 Å². The van der Waals surface area contributed by atoms with Crippen molar-refractivity contribution >= 4 is 22.4 Å². The van der Waals surface area contributed by atoms with Crippen LogP contribution >= 0.6 is 11.3 Å². The lowest BCUT2D eigenvalue weighted by molar-refractivity contribution is -0.145. The van der Waals surface area contributed by atoms with Gasteiger partial charge in [-0.3, -0.25) is 4.79 Å². The topological polar surface area (TPSA) is 51.2 Å². The van der Waals surface area contributed by atoms with Crippen molar-refractivity contribution in [3.05, 3.63) is 10.6 Å². The van der Waals surface area contributed by atoms with Crippen molar-refractivity contribution < 1.29 is 9.53 Å². The number of nitrogens with zero attached hydrogens (tertiary/aromatic N) is 1. The first-order valence-electron chi connectivity index (χ1n) is 8.18. The molecule has 2 aliphatic rings. The predicted octanol–water partition coefficient (Wildman–Crippen LogP) is 3.73. The van der Waals surface area contributed by atoms with Crippen molar-refractivity contribution in [3.8, 4) is 0 Å². The van der Waals surface area contributed by atoms with Crippen molar-refractivity contribution in [1.82, 2.24) is 4.98 Å². The molecule has 4 nitrogen and oxygen atoms in total. The zero-order chi connectivity index (χ0) is 14.7. The molecule has 1 N–H and O–H groups in total. The molecule has 0 spiro atoms. The van der Waals surface area contributed by atoms with Crippen LogP contribution in [-0.4, -0.2) is 24.1 Å². The summed E-state index contributed by atoms with van der Waals surface area (Å²) in [5, 5.41) is 4.41. The maximum atomic E-state index is 12.0. The van der Waals surface area contributed by atoms with Crippen LogP contribution in [0.5, 0.6) is 0 Å². The van der Waals surface area contributed by atoms with E-state index in [1.807, 2.05) is 6.92 Å². The zero-order valence-corrected chi connectivity index (χ0v) is 13.5. The summed E-state index contributed by atoms with van der Waals surface area (Å²) < 4.78 is 5.18. The van der Waals surface area contributed by atoms with Crippen LogP contribution in [0.15, 0.2) is 0 Å². The third-order valence-corrected chi connectivity index (χ3v) is 5.38. The fraction of sp³-hybridized carbons (Fsp3) is 0.750. The van der Waals surface area contributed by atoms with Gasteiger partial charge < -0.3 is 10.1 Å². The van der Waals surface area contributed by atoms with Gasteiger partial charge in [0.15, 0.2) is 5.13 Å². The van der Waals surface area contributed by atoms with Crippen LogP contribution in [0, 0.1) is 5.92 Å². The molecule has 3 rings (SSSR count). The number of carbonyl (C=O) groups excluding carboxylic acids is 1. The highest BCUT2D eigenvalue weighted by Gasteiger charge is 2.31. The molecule has 1 saturated carbocycles. The van der Waals surface area contributed by atoms with E-state index >= 15 is 0 Å². The number of fused-ring (bicyclic) bond motifs is 1. The van der Waals surface area contributed by atoms with Gasteiger partial charge in [-0.15, -0.1) is 11.3 Å². The van der Waals surface area contributed by atoms with Gasteiger partial charge in [-0.05, 0) is 44.9 Å². The first-order valence-corrected chi connectivity index (χ1v) is 8.99.